The summed E-state index contributed by atoms with van der Waals surface area (Å²) in [5, 5.41) is 0. The Kier molecular flexibility index (Phi) is 4.35. The number of halogens is 1. The highest BCUT2D eigenvalue weighted by atomic mass is 19.1. The second-order valence-corrected chi connectivity index (χ2v) is 5.01. The van der Waals surface area contributed by atoms with Gasteiger partial charge in [0.05, 0.1) is 7.11 Å². The van der Waals surface area contributed by atoms with Crippen LogP contribution in [0, 0.1) is 18.7 Å². The van der Waals surface area contributed by atoms with E-state index in [0.717, 1.165) is 0 Å². The van der Waals surface area contributed by atoms with E-state index in [-0.39, 0.29) is 37.0 Å². The highest BCUT2D eigenvalue weighted by molar-refractivity contribution is 6.02. The highest BCUT2D eigenvalue weighted by Crippen LogP contribution is 2.18. The number of hydrogen-bond acceptors (Lipinski definition) is 4. The number of amides is 1. The molecule has 0 bridgehead atoms. The van der Waals surface area contributed by atoms with Gasteiger partial charge in [0.1, 0.15) is 11.7 Å². The molecule has 21 heavy (non-hydrogen) atoms. The number of esters is 1. The number of likely N-dealkylation sites (tertiary alicyclic amines) is 1. The van der Waals surface area contributed by atoms with Crippen molar-refractivity contribution in [1.29, 1.82) is 0 Å². The van der Waals surface area contributed by atoms with Gasteiger partial charge in [-0.3, -0.25) is 14.4 Å². The van der Waals surface area contributed by atoms with Crippen LogP contribution in [0.15, 0.2) is 18.2 Å². The Morgan fingerprint density at radius 3 is 2.71 bits per heavy atom. The number of aryl methyl sites for hydroxylation is 1. The number of hydrogen-bond donors (Lipinski definition) is 0. The van der Waals surface area contributed by atoms with E-state index in [0.29, 0.717) is 11.1 Å². The normalized spacial score (nSPS) is 18.5. The first-order chi connectivity index (χ1) is 9.93. The molecule has 0 N–H and O–H groups in total. The molecule has 1 aliphatic heterocycles. The first kappa shape index (κ1) is 15.2. The van der Waals surface area contributed by atoms with Crippen molar-refractivity contribution in [3.63, 3.8) is 0 Å². The molecule has 1 aromatic rings. The summed E-state index contributed by atoms with van der Waals surface area (Å²) in [5.41, 5.74) is 0.713. The molecule has 1 atom stereocenters. The van der Waals surface area contributed by atoms with Crippen molar-refractivity contribution in [2.45, 2.75) is 13.3 Å². The fraction of sp³-hybridized carbons (Fsp3) is 0.400. The van der Waals surface area contributed by atoms with Gasteiger partial charge < -0.3 is 9.64 Å². The van der Waals surface area contributed by atoms with Crippen molar-refractivity contribution in [3.8, 4) is 0 Å². The van der Waals surface area contributed by atoms with E-state index in [9.17, 15) is 18.8 Å². The molecular formula is C15H16FNO4. The Labute approximate surface area is 121 Å². The number of carbonyl (C=O) groups excluding carboxylic acids is 3. The zero-order valence-corrected chi connectivity index (χ0v) is 11.9. The maximum atomic E-state index is 13.2. The van der Waals surface area contributed by atoms with E-state index < -0.39 is 11.9 Å². The number of methoxy groups -OCH3 is 1. The van der Waals surface area contributed by atoms with Crippen LogP contribution in [0.25, 0.3) is 0 Å². The monoisotopic (exact) mass is 293 g/mol. The minimum absolute atomic E-state index is 0.000758. The third kappa shape index (κ3) is 3.09. The quantitative estimate of drug-likeness (QED) is 0.610. The molecule has 1 heterocycles. The van der Waals surface area contributed by atoms with E-state index in [2.05, 4.69) is 4.74 Å². The molecular weight excluding hydrogens is 277 g/mol. The van der Waals surface area contributed by atoms with E-state index in [1.54, 1.807) is 6.92 Å². The summed E-state index contributed by atoms with van der Waals surface area (Å²) < 4.78 is 17.8. The van der Waals surface area contributed by atoms with Crippen LogP contribution in [0.4, 0.5) is 4.39 Å². The van der Waals surface area contributed by atoms with E-state index in [1.807, 2.05) is 0 Å². The van der Waals surface area contributed by atoms with Gasteiger partial charge in [0, 0.05) is 25.1 Å². The molecule has 0 aliphatic carbocycles. The average molecular weight is 293 g/mol. The van der Waals surface area contributed by atoms with Crippen LogP contribution in [0.3, 0.4) is 0 Å². The topological polar surface area (TPSA) is 63.7 Å². The van der Waals surface area contributed by atoms with Crippen LogP contribution in [0.1, 0.15) is 22.3 Å². The summed E-state index contributed by atoms with van der Waals surface area (Å²) in [6, 6.07) is 4.09. The van der Waals surface area contributed by atoms with E-state index >= 15 is 0 Å². The zero-order valence-electron chi connectivity index (χ0n) is 11.9. The first-order valence-corrected chi connectivity index (χ1v) is 6.60. The number of carbonyl (C=O) groups is 3. The predicted molar refractivity (Wildman–Crippen MR) is 72.2 cm³/mol. The lowest BCUT2D eigenvalue weighted by molar-refractivity contribution is -0.151. The number of Topliss-reactive ketones (excluding diaryl/α,β-unsaturated/α-hetero) is 1. The minimum atomic E-state index is -0.936. The molecule has 0 spiro atoms. The number of piperidine rings is 1. The second-order valence-electron chi connectivity index (χ2n) is 5.01. The van der Waals surface area contributed by atoms with Gasteiger partial charge in [-0.05, 0) is 30.7 Å². The van der Waals surface area contributed by atoms with Crippen LogP contribution in [0.5, 0.6) is 0 Å². The molecule has 1 aromatic carbocycles. The Balaban J connectivity index is 2.17. The smallest absolute Gasteiger partial charge is 0.318 e. The molecule has 112 valence electrons. The molecule has 1 aliphatic rings. The van der Waals surface area contributed by atoms with Crippen molar-refractivity contribution in [2.24, 2.45) is 5.92 Å². The van der Waals surface area contributed by atoms with Crippen LogP contribution < -0.4 is 0 Å². The summed E-state index contributed by atoms with van der Waals surface area (Å²) in [7, 11) is 1.21. The van der Waals surface area contributed by atoms with Crippen LogP contribution >= 0.6 is 0 Å². The molecule has 0 saturated carbocycles. The van der Waals surface area contributed by atoms with Crippen molar-refractivity contribution in [2.75, 3.05) is 20.2 Å². The van der Waals surface area contributed by atoms with Gasteiger partial charge in [0.15, 0.2) is 5.78 Å². The van der Waals surface area contributed by atoms with Crippen molar-refractivity contribution < 1.29 is 23.5 Å². The average Bonchev–Trinajstić information content (AvgIpc) is 2.49. The fourth-order valence-electron chi connectivity index (χ4n) is 2.33. The maximum absolute atomic E-state index is 13.2. The van der Waals surface area contributed by atoms with Crippen LogP contribution in [-0.4, -0.2) is 42.8 Å². The summed E-state index contributed by atoms with van der Waals surface area (Å²) >= 11 is 0. The van der Waals surface area contributed by atoms with Gasteiger partial charge in [-0.2, -0.15) is 0 Å². The SMILES string of the molecule is COC(=O)C1CN(C(=O)c2ccc(F)c(C)c2)CCC1=O. The molecule has 6 heteroatoms. The number of ether oxygens (including phenoxy) is 1. The Hall–Kier alpha value is -2.24. The Bertz CT molecular complexity index is 591. The molecule has 1 unspecified atom stereocenters. The molecule has 0 aromatic heterocycles. The summed E-state index contributed by atoms with van der Waals surface area (Å²) in [6.07, 6.45) is 0.117. The zero-order chi connectivity index (χ0) is 15.6. The largest absolute Gasteiger partial charge is 0.468 e. The molecule has 1 saturated heterocycles. The molecule has 5 nitrogen and oxygen atoms in total. The predicted octanol–water partition coefficient (Wildman–Crippen LogP) is 1.34. The lowest BCUT2D eigenvalue weighted by atomic mass is 9.96. The van der Waals surface area contributed by atoms with Gasteiger partial charge >= 0.3 is 5.97 Å². The van der Waals surface area contributed by atoms with Crippen molar-refractivity contribution >= 4 is 17.7 Å². The van der Waals surface area contributed by atoms with Gasteiger partial charge in [-0.15, -0.1) is 0 Å². The van der Waals surface area contributed by atoms with Crippen molar-refractivity contribution in [1.82, 2.24) is 4.90 Å². The van der Waals surface area contributed by atoms with E-state index in [1.165, 1.54) is 30.2 Å². The summed E-state index contributed by atoms with van der Waals surface area (Å²) in [4.78, 5) is 37.1. The number of benzene rings is 1. The van der Waals surface area contributed by atoms with E-state index in [4.69, 9.17) is 0 Å². The Morgan fingerprint density at radius 1 is 1.38 bits per heavy atom. The molecule has 1 fully saturated rings. The Morgan fingerprint density at radius 2 is 2.10 bits per heavy atom. The fourth-order valence-corrected chi connectivity index (χ4v) is 2.33. The first-order valence-electron chi connectivity index (χ1n) is 6.60. The van der Waals surface area contributed by atoms with Gasteiger partial charge in [0.25, 0.3) is 5.91 Å². The third-order valence-corrected chi connectivity index (χ3v) is 3.60. The summed E-state index contributed by atoms with van der Waals surface area (Å²) in [6.45, 7) is 1.82. The molecule has 1 amide bonds. The van der Waals surface area contributed by atoms with Gasteiger partial charge in [-0.1, -0.05) is 0 Å². The van der Waals surface area contributed by atoms with Crippen LogP contribution in [-0.2, 0) is 14.3 Å². The number of nitrogens with zero attached hydrogens (tertiary/aromatic N) is 1. The standard InChI is InChI=1S/C15H16FNO4/c1-9-7-10(3-4-12(9)16)14(19)17-6-5-13(18)11(8-17)15(20)21-2/h3-4,7,11H,5-6,8H2,1-2H3. The van der Waals surface area contributed by atoms with Crippen molar-refractivity contribution in [3.05, 3.63) is 35.1 Å². The maximum Gasteiger partial charge on any atom is 0.318 e. The van der Waals surface area contributed by atoms with Crippen LogP contribution in [0.2, 0.25) is 0 Å². The third-order valence-electron chi connectivity index (χ3n) is 3.60. The number of ketones is 1. The minimum Gasteiger partial charge on any atom is -0.468 e. The number of rotatable bonds is 2. The van der Waals surface area contributed by atoms with Gasteiger partial charge in [0.2, 0.25) is 0 Å². The lowest BCUT2D eigenvalue weighted by Crippen LogP contribution is -2.47. The molecule has 2 rings (SSSR count). The van der Waals surface area contributed by atoms with Gasteiger partial charge in [-0.25, -0.2) is 4.39 Å². The highest BCUT2D eigenvalue weighted by Gasteiger charge is 2.35. The lowest BCUT2D eigenvalue weighted by Gasteiger charge is -2.30. The second kappa shape index (κ2) is 6.03. The molecule has 0 radical (unpaired) electrons. The summed E-state index contributed by atoms with van der Waals surface area (Å²) in [5.74, 6) is -2.49.